The molecule has 0 aromatic rings. The van der Waals surface area contributed by atoms with Gasteiger partial charge in [0.15, 0.2) is 0 Å². The fraction of sp³-hybridized carbons (Fsp3) is 1.00. The molecule has 1 unspecified atom stereocenters. The van der Waals surface area contributed by atoms with Crippen molar-refractivity contribution in [3.63, 3.8) is 0 Å². The van der Waals surface area contributed by atoms with E-state index in [4.69, 9.17) is 4.55 Å². The number of aliphatic hydroxyl groups excluding tert-OH is 1. The van der Waals surface area contributed by atoms with Gasteiger partial charge >= 0.3 is 0 Å². The van der Waals surface area contributed by atoms with Crippen molar-refractivity contribution in [3.8, 4) is 0 Å². The molecule has 0 aromatic carbocycles. The molecule has 6 heteroatoms. The quantitative estimate of drug-likeness (QED) is 0.399. The van der Waals surface area contributed by atoms with E-state index in [9.17, 15) is 13.5 Å². The maximum atomic E-state index is 10.5. The Balaban J connectivity index is 0. The van der Waals surface area contributed by atoms with Crippen LogP contribution in [0.1, 0.15) is 64.7 Å². The van der Waals surface area contributed by atoms with E-state index in [1.165, 1.54) is 32.1 Å². The van der Waals surface area contributed by atoms with Gasteiger partial charge in [0.25, 0.3) is 10.1 Å². The highest BCUT2D eigenvalue weighted by molar-refractivity contribution is 7.85. The van der Waals surface area contributed by atoms with Crippen molar-refractivity contribution in [1.82, 2.24) is 6.15 Å². The molecule has 112 valence electrons. The summed E-state index contributed by atoms with van der Waals surface area (Å²) in [5.41, 5.74) is 0. The molecule has 0 spiro atoms. The van der Waals surface area contributed by atoms with E-state index in [1.807, 2.05) is 0 Å². The Bertz CT molecular complexity index is 267. The molecule has 18 heavy (non-hydrogen) atoms. The number of rotatable bonds is 11. The Kier molecular flexibility index (Phi) is 13.3. The Morgan fingerprint density at radius 2 is 1.39 bits per heavy atom. The number of unbranched alkanes of at least 4 members (excludes halogenated alkanes) is 7. The summed E-state index contributed by atoms with van der Waals surface area (Å²) in [6.07, 6.45) is 8.84. The molecule has 0 radical (unpaired) electrons. The van der Waals surface area contributed by atoms with E-state index < -0.39 is 22.0 Å². The predicted octanol–water partition coefficient (Wildman–Crippen LogP) is 2.93. The third-order valence-electron chi connectivity index (χ3n) is 2.79. The Labute approximate surface area is 111 Å². The smallest absolute Gasteiger partial charge is 0.267 e. The molecule has 0 bridgehead atoms. The standard InChI is InChI=1S/C12H26O4S.H3N/c1-2-3-4-5-6-7-8-9-10-12(13)11-17(14,15)16;/h12-13H,2-11H2,1H3,(H,14,15,16);1H3. The summed E-state index contributed by atoms with van der Waals surface area (Å²) in [7, 11) is -4.03. The summed E-state index contributed by atoms with van der Waals surface area (Å²) < 4.78 is 29.5. The van der Waals surface area contributed by atoms with Gasteiger partial charge in [0, 0.05) is 0 Å². The van der Waals surface area contributed by atoms with Crippen molar-refractivity contribution in [3.05, 3.63) is 0 Å². The average Bonchev–Trinajstić information content (AvgIpc) is 2.19. The molecule has 0 aromatic heterocycles. The third kappa shape index (κ3) is 15.8. The van der Waals surface area contributed by atoms with Gasteiger partial charge in [0.05, 0.1) is 6.10 Å². The molecule has 0 aliphatic rings. The lowest BCUT2D eigenvalue weighted by atomic mass is 10.1. The average molecular weight is 283 g/mol. The van der Waals surface area contributed by atoms with Gasteiger partial charge in [-0.3, -0.25) is 4.55 Å². The Morgan fingerprint density at radius 1 is 0.944 bits per heavy atom. The van der Waals surface area contributed by atoms with Crippen LogP contribution >= 0.6 is 0 Å². The minimum atomic E-state index is -4.03. The topological polar surface area (TPSA) is 110 Å². The summed E-state index contributed by atoms with van der Waals surface area (Å²) in [6, 6.07) is 0. The Morgan fingerprint density at radius 3 is 1.83 bits per heavy atom. The fourth-order valence-electron chi connectivity index (χ4n) is 1.84. The van der Waals surface area contributed by atoms with Gasteiger partial charge in [-0.2, -0.15) is 8.42 Å². The zero-order chi connectivity index (χ0) is 13.1. The van der Waals surface area contributed by atoms with Crippen LogP contribution in [0.15, 0.2) is 0 Å². The zero-order valence-corrected chi connectivity index (χ0v) is 12.3. The predicted molar refractivity (Wildman–Crippen MR) is 74.7 cm³/mol. The fourth-order valence-corrected chi connectivity index (χ4v) is 2.49. The summed E-state index contributed by atoms with van der Waals surface area (Å²) >= 11 is 0. The van der Waals surface area contributed by atoms with Gasteiger partial charge in [-0.25, -0.2) is 0 Å². The lowest BCUT2D eigenvalue weighted by Crippen LogP contribution is -2.19. The van der Waals surface area contributed by atoms with E-state index in [1.54, 1.807) is 0 Å². The largest absolute Gasteiger partial charge is 0.392 e. The molecule has 5 N–H and O–H groups in total. The molecule has 1 atom stereocenters. The maximum absolute atomic E-state index is 10.5. The molecule has 0 saturated carbocycles. The van der Waals surface area contributed by atoms with Crippen molar-refractivity contribution < 1.29 is 18.1 Å². The van der Waals surface area contributed by atoms with Crippen LogP contribution in [-0.4, -0.2) is 29.9 Å². The first-order valence-corrected chi connectivity index (χ1v) is 8.20. The first-order valence-electron chi connectivity index (χ1n) is 6.59. The Hall–Kier alpha value is -0.170. The van der Waals surface area contributed by atoms with Gasteiger partial charge in [-0.05, 0) is 6.42 Å². The van der Waals surface area contributed by atoms with Crippen LogP contribution in [-0.2, 0) is 10.1 Å². The van der Waals surface area contributed by atoms with Crippen LogP contribution in [0.25, 0.3) is 0 Å². The normalized spacial score (nSPS) is 13.1. The number of aliphatic hydroxyl groups is 1. The molecule has 5 nitrogen and oxygen atoms in total. The zero-order valence-electron chi connectivity index (χ0n) is 11.5. The van der Waals surface area contributed by atoms with Crippen LogP contribution < -0.4 is 6.15 Å². The van der Waals surface area contributed by atoms with Crippen LogP contribution in [0.5, 0.6) is 0 Å². The summed E-state index contributed by atoms with van der Waals surface area (Å²) in [5, 5.41) is 9.32. The minimum absolute atomic E-state index is 0. The number of hydrogen-bond acceptors (Lipinski definition) is 4. The number of hydrogen-bond donors (Lipinski definition) is 3. The first-order chi connectivity index (χ1) is 7.95. The molecular weight excluding hydrogens is 254 g/mol. The lowest BCUT2D eigenvalue weighted by molar-refractivity contribution is 0.180. The van der Waals surface area contributed by atoms with Gasteiger partial charge in [-0.15, -0.1) is 0 Å². The molecule has 0 rings (SSSR count). The van der Waals surface area contributed by atoms with Crippen LogP contribution in [0.2, 0.25) is 0 Å². The molecule has 0 aliphatic heterocycles. The third-order valence-corrected chi connectivity index (χ3v) is 3.60. The van der Waals surface area contributed by atoms with E-state index in [0.717, 1.165) is 19.3 Å². The molecule has 0 aliphatic carbocycles. The van der Waals surface area contributed by atoms with Crippen molar-refractivity contribution in [2.75, 3.05) is 5.75 Å². The molecule has 0 heterocycles. The molecule has 0 amide bonds. The molecule has 0 saturated heterocycles. The van der Waals surface area contributed by atoms with Crippen LogP contribution in [0.4, 0.5) is 0 Å². The SMILES string of the molecule is CCCCCCCCCCC(O)CS(=O)(=O)O.N. The van der Waals surface area contributed by atoms with E-state index >= 15 is 0 Å². The lowest BCUT2D eigenvalue weighted by Gasteiger charge is -2.08. The highest BCUT2D eigenvalue weighted by Gasteiger charge is 2.13. The highest BCUT2D eigenvalue weighted by atomic mass is 32.2. The van der Waals surface area contributed by atoms with Gasteiger partial charge in [0.2, 0.25) is 0 Å². The van der Waals surface area contributed by atoms with Gasteiger partial charge < -0.3 is 11.3 Å². The molecule has 0 fully saturated rings. The molecular formula is C12H29NO4S. The second-order valence-corrected chi connectivity index (χ2v) is 6.16. The monoisotopic (exact) mass is 283 g/mol. The minimum Gasteiger partial charge on any atom is -0.392 e. The summed E-state index contributed by atoms with van der Waals surface area (Å²) in [4.78, 5) is 0. The van der Waals surface area contributed by atoms with E-state index in [0.29, 0.717) is 6.42 Å². The maximum Gasteiger partial charge on any atom is 0.267 e. The second kappa shape index (κ2) is 11.9. The summed E-state index contributed by atoms with van der Waals surface area (Å²) in [5.74, 6) is -0.538. The van der Waals surface area contributed by atoms with Crippen molar-refractivity contribution in [1.29, 1.82) is 0 Å². The first kappa shape index (κ1) is 20.2. The second-order valence-electron chi connectivity index (χ2n) is 4.67. The van der Waals surface area contributed by atoms with Crippen molar-refractivity contribution >= 4 is 10.1 Å². The van der Waals surface area contributed by atoms with Gasteiger partial charge in [-0.1, -0.05) is 58.3 Å². The van der Waals surface area contributed by atoms with Crippen LogP contribution in [0, 0.1) is 0 Å². The van der Waals surface area contributed by atoms with Crippen molar-refractivity contribution in [2.45, 2.75) is 70.8 Å². The highest BCUT2D eigenvalue weighted by Crippen LogP contribution is 2.11. The van der Waals surface area contributed by atoms with E-state index in [2.05, 4.69) is 6.92 Å². The van der Waals surface area contributed by atoms with E-state index in [-0.39, 0.29) is 6.15 Å². The summed E-state index contributed by atoms with van der Waals surface area (Å²) in [6.45, 7) is 2.19. The van der Waals surface area contributed by atoms with Crippen LogP contribution in [0.3, 0.4) is 0 Å². The van der Waals surface area contributed by atoms with Crippen molar-refractivity contribution in [2.24, 2.45) is 0 Å². The van der Waals surface area contributed by atoms with Gasteiger partial charge in [0.1, 0.15) is 5.75 Å².